The lowest BCUT2D eigenvalue weighted by Crippen LogP contribution is -2.56. The molecule has 2 saturated heterocycles. The number of hydrogen-bond acceptors (Lipinski definition) is 3. The average Bonchev–Trinajstić information content (AvgIpc) is 2.24. The second-order valence-corrected chi connectivity index (χ2v) is 7.06. The van der Waals surface area contributed by atoms with Gasteiger partial charge in [0.2, 0.25) is 0 Å². The fourth-order valence-electron chi connectivity index (χ4n) is 3.52. The minimum Gasteiger partial charge on any atom is -0.481 e. The summed E-state index contributed by atoms with van der Waals surface area (Å²) < 4.78 is 5.50. The van der Waals surface area contributed by atoms with Crippen LogP contribution in [0.15, 0.2) is 0 Å². The van der Waals surface area contributed by atoms with E-state index in [1.165, 1.54) is 0 Å². The first-order valence-corrected chi connectivity index (χ1v) is 7.49. The van der Waals surface area contributed by atoms with Gasteiger partial charge in [0.25, 0.3) is 0 Å². The van der Waals surface area contributed by atoms with Crippen LogP contribution < -0.4 is 0 Å². The van der Waals surface area contributed by atoms with Crippen LogP contribution in [0.2, 0.25) is 0 Å². The first-order valence-electron chi connectivity index (χ1n) is 7.49. The highest BCUT2D eigenvalue weighted by Gasteiger charge is 2.42. The van der Waals surface area contributed by atoms with Crippen LogP contribution in [0.3, 0.4) is 0 Å². The van der Waals surface area contributed by atoms with Crippen LogP contribution in [-0.4, -0.2) is 39.8 Å². The zero-order valence-electron chi connectivity index (χ0n) is 12.6. The van der Waals surface area contributed by atoms with Gasteiger partial charge >= 0.3 is 12.1 Å². The van der Waals surface area contributed by atoms with Crippen molar-refractivity contribution < 1.29 is 19.4 Å². The van der Waals surface area contributed by atoms with E-state index in [0.717, 1.165) is 32.1 Å². The maximum atomic E-state index is 12.3. The minimum absolute atomic E-state index is 0.154. The standard InChI is InChI=1S/C15H25NO4/c1-15(2,3)20-14(19)16-11-5-4-6-12(16)8-10(7-11)9-13(17)18/h10-12H,4-9H2,1-3H3,(H,17,18). The van der Waals surface area contributed by atoms with Gasteiger partial charge in [-0.25, -0.2) is 4.79 Å². The second-order valence-electron chi connectivity index (χ2n) is 7.06. The fraction of sp³-hybridized carbons (Fsp3) is 0.867. The van der Waals surface area contributed by atoms with E-state index in [0.29, 0.717) is 0 Å². The van der Waals surface area contributed by atoms with Gasteiger partial charge in [0.05, 0.1) is 0 Å². The number of ether oxygens (including phenoxy) is 1. The molecule has 2 aliphatic rings. The highest BCUT2D eigenvalue weighted by Crippen LogP contribution is 2.39. The minimum atomic E-state index is -0.737. The molecule has 0 radical (unpaired) electrons. The van der Waals surface area contributed by atoms with E-state index in [1.54, 1.807) is 0 Å². The van der Waals surface area contributed by atoms with Gasteiger partial charge in [-0.05, 0) is 58.8 Å². The first kappa shape index (κ1) is 15.1. The topological polar surface area (TPSA) is 66.8 Å². The summed E-state index contributed by atoms with van der Waals surface area (Å²) in [4.78, 5) is 25.1. The molecule has 0 saturated carbocycles. The number of carboxylic acid groups (broad SMARTS) is 1. The van der Waals surface area contributed by atoms with Gasteiger partial charge in [-0.1, -0.05) is 0 Å². The number of rotatable bonds is 2. The van der Waals surface area contributed by atoms with Gasteiger partial charge in [-0.3, -0.25) is 4.79 Å². The van der Waals surface area contributed by atoms with E-state index in [9.17, 15) is 9.59 Å². The lowest BCUT2D eigenvalue weighted by atomic mass is 9.77. The normalized spacial score (nSPS) is 29.9. The average molecular weight is 283 g/mol. The molecule has 2 rings (SSSR count). The molecule has 0 spiro atoms. The van der Waals surface area contributed by atoms with Gasteiger partial charge in [-0.15, -0.1) is 0 Å². The number of fused-ring (bicyclic) bond motifs is 2. The molecule has 5 nitrogen and oxygen atoms in total. The molecular weight excluding hydrogens is 258 g/mol. The van der Waals surface area contributed by atoms with Crippen molar-refractivity contribution >= 4 is 12.1 Å². The van der Waals surface area contributed by atoms with E-state index in [1.807, 2.05) is 25.7 Å². The van der Waals surface area contributed by atoms with Gasteiger partial charge in [0.1, 0.15) is 5.60 Å². The molecule has 2 unspecified atom stereocenters. The number of nitrogens with zero attached hydrogens (tertiary/aromatic N) is 1. The van der Waals surface area contributed by atoms with Crippen molar-refractivity contribution in [2.75, 3.05) is 0 Å². The molecule has 0 aromatic rings. The number of aliphatic carboxylic acids is 1. The summed E-state index contributed by atoms with van der Waals surface area (Å²) in [7, 11) is 0. The molecule has 2 bridgehead atoms. The van der Waals surface area contributed by atoms with Crippen LogP contribution in [0, 0.1) is 5.92 Å². The molecule has 2 heterocycles. The molecule has 2 atom stereocenters. The molecule has 0 aromatic heterocycles. The third-order valence-electron chi connectivity index (χ3n) is 4.14. The molecule has 2 aliphatic heterocycles. The monoisotopic (exact) mass is 283 g/mol. The number of piperidine rings is 2. The summed E-state index contributed by atoms with van der Waals surface area (Å²) in [6.07, 6.45) is 4.62. The van der Waals surface area contributed by atoms with Crippen LogP contribution in [-0.2, 0) is 9.53 Å². The molecular formula is C15H25NO4. The fourth-order valence-corrected chi connectivity index (χ4v) is 3.52. The van der Waals surface area contributed by atoms with E-state index in [4.69, 9.17) is 9.84 Å². The molecule has 114 valence electrons. The van der Waals surface area contributed by atoms with Crippen molar-refractivity contribution in [2.45, 2.75) is 77.0 Å². The first-order chi connectivity index (χ1) is 9.26. The van der Waals surface area contributed by atoms with E-state index >= 15 is 0 Å². The van der Waals surface area contributed by atoms with Gasteiger partial charge in [-0.2, -0.15) is 0 Å². The number of carboxylic acids is 1. The number of carbonyl (C=O) groups is 2. The molecule has 0 aliphatic carbocycles. The lowest BCUT2D eigenvalue weighted by Gasteiger charge is -2.48. The molecule has 1 amide bonds. The number of carbonyl (C=O) groups excluding carboxylic acids is 1. The predicted molar refractivity (Wildman–Crippen MR) is 74.5 cm³/mol. The molecule has 2 fully saturated rings. The quantitative estimate of drug-likeness (QED) is 0.846. The smallest absolute Gasteiger partial charge is 0.410 e. The maximum absolute atomic E-state index is 12.3. The third-order valence-corrected chi connectivity index (χ3v) is 4.14. The number of amides is 1. The van der Waals surface area contributed by atoms with Crippen LogP contribution in [0.1, 0.15) is 59.3 Å². The molecule has 20 heavy (non-hydrogen) atoms. The van der Waals surface area contributed by atoms with Gasteiger partial charge in [0.15, 0.2) is 0 Å². The van der Waals surface area contributed by atoms with Crippen molar-refractivity contribution in [2.24, 2.45) is 5.92 Å². The largest absolute Gasteiger partial charge is 0.481 e. The molecule has 1 N–H and O–H groups in total. The van der Waals surface area contributed by atoms with Crippen molar-refractivity contribution in [3.8, 4) is 0 Å². The maximum Gasteiger partial charge on any atom is 0.410 e. The Kier molecular flexibility index (Phi) is 4.25. The summed E-state index contributed by atoms with van der Waals surface area (Å²) in [5.41, 5.74) is -0.483. The summed E-state index contributed by atoms with van der Waals surface area (Å²) in [6.45, 7) is 5.62. The summed E-state index contributed by atoms with van der Waals surface area (Å²) in [6, 6.07) is 0.309. The molecule has 5 heteroatoms. The van der Waals surface area contributed by atoms with Crippen molar-refractivity contribution in [3.63, 3.8) is 0 Å². The Bertz CT molecular complexity index is 374. The van der Waals surface area contributed by atoms with Crippen LogP contribution in [0.25, 0.3) is 0 Å². The van der Waals surface area contributed by atoms with E-state index < -0.39 is 11.6 Å². The van der Waals surface area contributed by atoms with Gasteiger partial charge < -0.3 is 14.7 Å². The Morgan fingerprint density at radius 3 is 2.20 bits per heavy atom. The van der Waals surface area contributed by atoms with E-state index in [-0.39, 0.29) is 30.5 Å². The lowest BCUT2D eigenvalue weighted by molar-refractivity contribution is -0.139. The Balaban J connectivity index is 2.05. The van der Waals surface area contributed by atoms with Crippen LogP contribution in [0.5, 0.6) is 0 Å². The zero-order valence-corrected chi connectivity index (χ0v) is 12.6. The Hall–Kier alpha value is -1.26. The van der Waals surface area contributed by atoms with Gasteiger partial charge in [0, 0.05) is 18.5 Å². The summed E-state index contributed by atoms with van der Waals surface area (Å²) >= 11 is 0. The van der Waals surface area contributed by atoms with E-state index in [2.05, 4.69) is 0 Å². The SMILES string of the molecule is CC(C)(C)OC(=O)N1C2CCCC1CC(CC(=O)O)C2. The summed E-state index contributed by atoms with van der Waals surface area (Å²) in [5.74, 6) is -0.541. The number of hydrogen-bond donors (Lipinski definition) is 1. The van der Waals surface area contributed by atoms with Crippen molar-refractivity contribution in [3.05, 3.63) is 0 Å². The highest BCUT2D eigenvalue weighted by atomic mass is 16.6. The third kappa shape index (κ3) is 3.64. The highest BCUT2D eigenvalue weighted by molar-refractivity contribution is 5.70. The summed E-state index contributed by atoms with van der Waals surface area (Å²) in [5, 5.41) is 8.95. The Labute approximate surface area is 120 Å². The van der Waals surface area contributed by atoms with Crippen molar-refractivity contribution in [1.82, 2.24) is 4.90 Å². The predicted octanol–water partition coefficient (Wildman–Crippen LogP) is 3.03. The Morgan fingerprint density at radius 1 is 1.20 bits per heavy atom. The molecule has 0 aromatic carbocycles. The Morgan fingerprint density at radius 2 is 1.75 bits per heavy atom. The van der Waals surface area contributed by atoms with Crippen LogP contribution in [0.4, 0.5) is 4.79 Å². The zero-order chi connectivity index (χ0) is 14.9. The van der Waals surface area contributed by atoms with Crippen LogP contribution >= 0.6 is 0 Å². The second kappa shape index (κ2) is 5.62. The van der Waals surface area contributed by atoms with Crippen molar-refractivity contribution in [1.29, 1.82) is 0 Å².